The zero-order chi connectivity index (χ0) is 14.0. The molecule has 0 bridgehead atoms. The first-order valence-electron chi connectivity index (χ1n) is 5.98. The third kappa shape index (κ3) is 2.45. The fourth-order valence-corrected chi connectivity index (χ4v) is 1.97. The van der Waals surface area contributed by atoms with Crippen LogP contribution in [0.15, 0.2) is 24.3 Å². The van der Waals surface area contributed by atoms with Crippen molar-refractivity contribution in [3.63, 3.8) is 0 Å². The molecule has 0 saturated carbocycles. The van der Waals surface area contributed by atoms with Gasteiger partial charge in [0, 0.05) is 24.5 Å². The number of benzene rings is 1. The molecule has 5 nitrogen and oxygen atoms in total. The zero-order valence-electron chi connectivity index (χ0n) is 11.5. The van der Waals surface area contributed by atoms with Crippen LogP contribution in [0, 0.1) is 13.8 Å². The van der Waals surface area contributed by atoms with E-state index in [9.17, 15) is 4.79 Å². The molecule has 1 heterocycles. The van der Waals surface area contributed by atoms with Crippen LogP contribution in [0.5, 0.6) is 5.75 Å². The summed E-state index contributed by atoms with van der Waals surface area (Å²) in [5, 5.41) is 6.87. The number of hydrogen-bond donors (Lipinski definition) is 1. The number of carbonyl (C=O) groups is 1. The van der Waals surface area contributed by atoms with Gasteiger partial charge in [0.05, 0.1) is 18.4 Å². The maximum Gasteiger partial charge on any atom is 0.261 e. The van der Waals surface area contributed by atoms with E-state index in [0.29, 0.717) is 11.3 Å². The number of nitrogens with one attached hydrogen (secondary N) is 1. The molecular formula is C14H17N3O2. The molecule has 0 aliphatic rings. The van der Waals surface area contributed by atoms with Crippen LogP contribution in [0.3, 0.4) is 0 Å². The van der Waals surface area contributed by atoms with Crippen molar-refractivity contribution in [2.24, 2.45) is 0 Å². The van der Waals surface area contributed by atoms with Crippen LogP contribution in [0.2, 0.25) is 0 Å². The number of hydrogen-bond acceptors (Lipinski definition) is 3. The Morgan fingerprint density at radius 1 is 1.37 bits per heavy atom. The predicted octanol–water partition coefficient (Wildman–Crippen LogP) is 2.31. The minimum absolute atomic E-state index is 0.0861. The molecule has 1 N–H and O–H groups in total. The van der Waals surface area contributed by atoms with Gasteiger partial charge in [-0.3, -0.25) is 9.89 Å². The van der Waals surface area contributed by atoms with Crippen molar-refractivity contribution in [3.8, 4) is 5.75 Å². The van der Waals surface area contributed by atoms with E-state index in [1.165, 1.54) is 0 Å². The fraction of sp³-hybridized carbons (Fsp3) is 0.286. The van der Waals surface area contributed by atoms with E-state index in [1.54, 1.807) is 19.1 Å². The molecule has 0 saturated heterocycles. The monoisotopic (exact) mass is 259 g/mol. The van der Waals surface area contributed by atoms with Gasteiger partial charge in [0.1, 0.15) is 5.75 Å². The lowest BCUT2D eigenvalue weighted by Crippen LogP contribution is -2.27. The van der Waals surface area contributed by atoms with E-state index < -0.39 is 0 Å². The highest BCUT2D eigenvalue weighted by molar-refractivity contribution is 6.07. The molecule has 1 aromatic carbocycles. The lowest BCUT2D eigenvalue weighted by molar-refractivity contribution is 0.0992. The third-order valence-corrected chi connectivity index (χ3v) is 3.09. The minimum Gasteiger partial charge on any atom is -0.497 e. The number of carbonyl (C=O) groups excluding carboxylic acids is 1. The van der Waals surface area contributed by atoms with Gasteiger partial charge in [-0.2, -0.15) is 5.10 Å². The molecule has 2 aromatic rings. The Bertz CT molecular complexity index is 585. The number of rotatable bonds is 3. The van der Waals surface area contributed by atoms with E-state index in [0.717, 1.165) is 17.1 Å². The highest BCUT2D eigenvalue weighted by atomic mass is 16.5. The number of aromatic amines is 1. The molecule has 0 aliphatic heterocycles. The van der Waals surface area contributed by atoms with E-state index in [2.05, 4.69) is 10.2 Å². The second kappa shape index (κ2) is 5.14. The summed E-state index contributed by atoms with van der Waals surface area (Å²) in [6.45, 7) is 3.66. The number of amides is 1. The topological polar surface area (TPSA) is 58.2 Å². The highest BCUT2D eigenvalue weighted by Crippen LogP contribution is 2.22. The van der Waals surface area contributed by atoms with Crippen LogP contribution in [0.25, 0.3) is 0 Å². The quantitative estimate of drug-likeness (QED) is 0.920. The molecular weight excluding hydrogens is 242 g/mol. The predicted molar refractivity (Wildman–Crippen MR) is 73.8 cm³/mol. The van der Waals surface area contributed by atoms with Crippen LogP contribution in [-0.4, -0.2) is 30.3 Å². The van der Waals surface area contributed by atoms with Crippen LogP contribution in [0.4, 0.5) is 5.69 Å². The Morgan fingerprint density at radius 3 is 2.68 bits per heavy atom. The number of anilines is 1. The summed E-state index contributed by atoms with van der Waals surface area (Å²) in [5.74, 6) is 0.634. The van der Waals surface area contributed by atoms with Gasteiger partial charge in [-0.1, -0.05) is 6.07 Å². The van der Waals surface area contributed by atoms with Gasteiger partial charge in [0.2, 0.25) is 0 Å². The summed E-state index contributed by atoms with van der Waals surface area (Å²) in [4.78, 5) is 14.1. The Balaban J connectivity index is 2.33. The number of methoxy groups -OCH3 is 1. The smallest absolute Gasteiger partial charge is 0.261 e. The van der Waals surface area contributed by atoms with Gasteiger partial charge in [0.15, 0.2) is 0 Å². The first-order chi connectivity index (χ1) is 9.04. The number of aromatic nitrogens is 2. The molecule has 19 heavy (non-hydrogen) atoms. The lowest BCUT2D eigenvalue weighted by atomic mass is 10.1. The van der Waals surface area contributed by atoms with Crippen LogP contribution in [0.1, 0.15) is 21.7 Å². The molecule has 1 amide bonds. The Labute approximate surface area is 112 Å². The van der Waals surface area contributed by atoms with E-state index in [4.69, 9.17) is 4.74 Å². The third-order valence-electron chi connectivity index (χ3n) is 3.09. The second-order valence-corrected chi connectivity index (χ2v) is 4.37. The van der Waals surface area contributed by atoms with Gasteiger partial charge in [-0.15, -0.1) is 0 Å². The first-order valence-corrected chi connectivity index (χ1v) is 5.98. The van der Waals surface area contributed by atoms with Crippen molar-refractivity contribution in [1.82, 2.24) is 10.2 Å². The van der Waals surface area contributed by atoms with Gasteiger partial charge < -0.3 is 9.64 Å². The molecule has 2 rings (SSSR count). The van der Waals surface area contributed by atoms with Gasteiger partial charge in [-0.05, 0) is 26.0 Å². The standard InChI is InChI=1S/C14H17N3O2/c1-9-13(10(2)16-15-9)14(18)17(3)11-6-5-7-12(8-11)19-4/h5-8H,1-4H3,(H,15,16). The molecule has 0 fully saturated rings. The minimum atomic E-state index is -0.0861. The van der Waals surface area contributed by atoms with Gasteiger partial charge in [0.25, 0.3) is 5.91 Å². The second-order valence-electron chi connectivity index (χ2n) is 4.37. The average Bonchev–Trinajstić information content (AvgIpc) is 2.76. The summed E-state index contributed by atoms with van der Waals surface area (Å²) < 4.78 is 5.17. The van der Waals surface area contributed by atoms with Gasteiger partial charge in [-0.25, -0.2) is 0 Å². The number of ether oxygens (including phenoxy) is 1. The van der Waals surface area contributed by atoms with Crippen molar-refractivity contribution in [3.05, 3.63) is 41.2 Å². The lowest BCUT2D eigenvalue weighted by Gasteiger charge is -2.18. The number of nitrogens with zero attached hydrogens (tertiary/aromatic N) is 2. The van der Waals surface area contributed by atoms with Crippen LogP contribution in [-0.2, 0) is 0 Å². The van der Waals surface area contributed by atoms with Crippen molar-refractivity contribution >= 4 is 11.6 Å². The average molecular weight is 259 g/mol. The van der Waals surface area contributed by atoms with Crippen molar-refractivity contribution in [1.29, 1.82) is 0 Å². The summed E-state index contributed by atoms with van der Waals surface area (Å²) in [6.07, 6.45) is 0. The van der Waals surface area contributed by atoms with Crippen LogP contribution < -0.4 is 9.64 Å². The first kappa shape index (κ1) is 13.1. The van der Waals surface area contributed by atoms with Crippen molar-refractivity contribution in [2.75, 3.05) is 19.1 Å². The van der Waals surface area contributed by atoms with Gasteiger partial charge >= 0.3 is 0 Å². The fourth-order valence-electron chi connectivity index (χ4n) is 1.97. The molecule has 5 heteroatoms. The summed E-state index contributed by atoms with van der Waals surface area (Å²) in [5.41, 5.74) is 2.88. The zero-order valence-corrected chi connectivity index (χ0v) is 11.5. The number of aryl methyl sites for hydroxylation is 2. The van der Waals surface area contributed by atoms with Crippen molar-refractivity contribution < 1.29 is 9.53 Å². The van der Waals surface area contributed by atoms with Crippen LogP contribution >= 0.6 is 0 Å². The largest absolute Gasteiger partial charge is 0.497 e. The normalized spacial score (nSPS) is 10.3. The maximum atomic E-state index is 12.5. The highest BCUT2D eigenvalue weighted by Gasteiger charge is 2.20. The summed E-state index contributed by atoms with van der Waals surface area (Å²) in [6, 6.07) is 7.39. The van der Waals surface area contributed by atoms with E-state index >= 15 is 0 Å². The maximum absolute atomic E-state index is 12.5. The Kier molecular flexibility index (Phi) is 3.55. The molecule has 0 atom stereocenters. The van der Waals surface area contributed by atoms with E-state index in [-0.39, 0.29) is 5.91 Å². The molecule has 100 valence electrons. The molecule has 0 unspecified atom stereocenters. The molecule has 0 aliphatic carbocycles. The molecule has 0 spiro atoms. The van der Waals surface area contributed by atoms with Crippen molar-refractivity contribution in [2.45, 2.75) is 13.8 Å². The molecule has 1 aromatic heterocycles. The summed E-state index contributed by atoms with van der Waals surface area (Å²) >= 11 is 0. The number of H-pyrrole nitrogens is 1. The SMILES string of the molecule is COc1cccc(N(C)C(=O)c2c(C)n[nH]c2C)c1. The summed E-state index contributed by atoms with van der Waals surface area (Å²) in [7, 11) is 3.34. The Hall–Kier alpha value is -2.30. The molecule has 0 radical (unpaired) electrons. The van der Waals surface area contributed by atoms with E-state index in [1.807, 2.05) is 38.1 Å². The Morgan fingerprint density at radius 2 is 2.11 bits per heavy atom.